The molecule has 0 aliphatic heterocycles. The van der Waals surface area contributed by atoms with Crippen LogP contribution in [0.1, 0.15) is 23.1 Å². The summed E-state index contributed by atoms with van der Waals surface area (Å²) in [6, 6.07) is 5.89. The predicted octanol–water partition coefficient (Wildman–Crippen LogP) is 2.80. The lowest BCUT2D eigenvalue weighted by Gasteiger charge is -2.24. The zero-order chi connectivity index (χ0) is 14.9. The molecule has 0 saturated carbocycles. The second kappa shape index (κ2) is 4.96. The highest BCUT2D eigenvalue weighted by Crippen LogP contribution is 2.35. The Morgan fingerprint density at radius 1 is 1.15 bits per heavy atom. The van der Waals surface area contributed by atoms with Crippen LogP contribution in [0.25, 0.3) is 5.57 Å². The molecule has 1 aliphatic carbocycles. The van der Waals surface area contributed by atoms with Crippen molar-refractivity contribution < 1.29 is 19.8 Å². The fourth-order valence-electron chi connectivity index (χ4n) is 2.31. The standard InChI is InChI=1S/C16H16O4/c1-10-4-3-5-13(11(10)2)12-6-8-16(9-7-12,14(17)18)15(19)20/h3-8H,9H2,1-2H3,(H,17,18)(H,19,20). The number of aliphatic carboxylic acids is 2. The lowest BCUT2D eigenvalue weighted by atomic mass is 9.78. The Hall–Kier alpha value is -2.36. The van der Waals surface area contributed by atoms with Crippen molar-refractivity contribution in [2.24, 2.45) is 5.41 Å². The first kappa shape index (κ1) is 14.1. The summed E-state index contributed by atoms with van der Waals surface area (Å²) in [6.07, 6.45) is 4.50. The van der Waals surface area contributed by atoms with Gasteiger partial charge in [-0.3, -0.25) is 9.59 Å². The van der Waals surface area contributed by atoms with Gasteiger partial charge >= 0.3 is 11.9 Å². The molecular weight excluding hydrogens is 256 g/mol. The molecule has 1 aromatic carbocycles. The number of hydrogen-bond donors (Lipinski definition) is 2. The molecule has 0 unspecified atom stereocenters. The molecule has 0 bridgehead atoms. The third kappa shape index (κ3) is 2.13. The molecule has 104 valence electrons. The Morgan fingerprint density at radius 2 is 1.80 bits per heavy atom. The number of benzene rings is 1. The van der Waals surface area contributed by atoms with Crippen molar-refractivity contribution in [2.45, 2.75) is 20.3 Å². The third-order valence-corrected chi connectivity index (χ3v) is 3.87. The van der Waals surface area contributed by atoms with E-state index in [1.165, 1.54) is 6.08 Å². The molecule has 2 N–H and O–H groups in total. The lowest BCUT2D eigenvalue weighted by molar-refractivity contribution is -0.160. The molecule has 0 amide bonds. The van der Waals surface area contributed by atoms with Gasteiger partial charge in [-0.1, -0.05) is 36.4 Å². The van der Waals surface area contributed by atoms with Crippen molar-refractivity contribution in [3.8, 4) is 0 Å². The fraction of sp³-hybridized carbons (Fsp3) is 0.250. The summed E-state index contributed by atoms with van der Waals surface area (Å²) in [5.41, 5.74) is 2.28. The highest BCUT2D eigenvalue weighted by atomic mass is 16.4. The fourth-order valence-corrected chi connectivity index (χ4v) is 2.31. The van der Waals surface area contributed by atoms with Crippen LogP contribution < -0.4 is 0 Å². The maximum atomic E-state index is 11.2. The molecule has 4 nitrogen and oxygen atoms in total. The molecule has 0 atom stereocenters. The first-order valence-corrected chi connectivity index (χ1v) is 6.31. The molecule has 0 radical (unpaired) electrons. The van der Waals surface area contributed by atoms with E-state index in [1.807, 2.05) is 32.0 Å². The van der Waals surface area contributed by atoms with Crippen LogP contribution in [0.2, 0.25) is 0 Å². The van der Waals surface area contributed by atoms with Crippen LogP contribution in [0.4, 0.5) is 0 Å². The molecular formula is C16H16O4. The Balaban J connectivity index is 2.40. The van der Waals surface area contributed by atoms with Gasteiger partial charge in [-0.05, 0) is 42.5 Å². The second-order valence-corrected chi connectivity index (χ2v) is 5.03. The van der Waals surface area contributed by atoms with Gasteiger partial charge in [-0.2, -0.15) is 0 Å². The molecule has 2 rings (SSSR count). The van der Waals surface area contributed by atoms with Crippen molar-refractivity contribution in [1.82, 2.24) is 0 Å². The van der Waals surface area contributed by atoms with Crippen LogP contribution in [0.15, 0.2) is 36.4 Å². The van der Waals surface area contributed by atoms with Gasteiger partial charge in [0.25, 0.3) is 0 Å². The molecule has 20 heavy (non-hydrogen) atoms. The SMILES string of the molecule is Cc1cccc(C2=CCC(C(=O)O)(C(=O)O)C=C2)c1C. The molecule has 0 heterocycles. The summed E-state index contributed by atoms with van der Waals surface area (Å²) in [5, 5.41) is 18.3. The van der Waals surface area contributed by atoms with Gasteiger partial charge in [-0.25, -0.2) is 0 Å². The molecule has 0 fully saturated rings. The van der Waals surface area contributed by atoms with Crippen LogP contribution in [-0.4, -0.2) is 22.2 Å². The summed E-state index contributed by atoms with van der Waals surface area (Å²) in [6.45, 7) is 4.00. The number of carboxylic acid groups (broad SMARTS) is 2. The quantitative estimate of drug-likeness (QED) is 0.830. The Bertz CT molecular complexity index is 624. The molecule has 0 spiro atoms. The van der Waals surface area contributed by atoms with Gasteiger partial charge < -0.3 is 10.2 Å². The average molecular weight is 272 g/mol. The second-order valence-electron chi connectivity index (χ2n) is 5.03. The predicted molar refractivity (Wildman–Crippen MR) is 75.4 cm³/mol. The minimum absolute atomic E-state index is 0.0448. The average Bonchev–Trinajstić information content (AvgIpc) is 2.41. The topological polar surface area (TPSA) is 74.6 Å². The van der Waals surface area contributed by atoms with Crippen LogP contribution in [0, 0.1) is 19.3 Å². The van der Waals surface area contributed by atoms with Crippen molar-refractivity contribution >= 4 is 17.5 Å². The van der Waals surface area contributed by atoms with E-state index < -0.39 is 17.4 Å². The van der Waals surface area contributed by atoms with Crippen molar-refractivity contribution in [3.63, 3.8) is 0 Å². The molecule has 1 aromatic rings. The van der Waals surface area contributed by atoms with Crippen LogP contribution in [0.3, 0.4) is 0 Å². The largest absolute Gasteiger partial charge is 0.480 e. The molecule has 0 saturated heterocycles. The van der Waals surface area contributed by atoms with Crippen LogP contribution in [-0.2, 0) is 9.59 Å². The van der Waals surface area contributed by atoms with E-state index in [2.05, 4.69) is 0 Å². The molecule has 0 aromatic heterocycles. The Labute approximate surface area is 117 Å². The number of hydrogen-bond acceptors (Lipinski definition) is 2. The maximum absolute atomic E-state index is 11.2. The number of aryl methyl sites for hydroxylation is 1. The molecule has 4 heteroatoms. The smallest absolute Gasteiger partial charge is 0.325 e. The van der Waals surface area contributed by atoms with Gasteiger partial charge in [0.1, 0.15) is 0 Å². The Morgan fingerprint density at radius 3 is 2.30 bits per heavy atom. The van der Waals surface area contributed by atoms with Crippen molar-refractivity contribution in [2.75, 3.05) is 0 Å². The van der Waals surface area contributed by atoms with Gasteiger partial charge in [0, 0.05) is 0 Å². The van der Waals surface area contributed by atoms with E-state index >= 15 is 0 Å². The van der Waals surface area contributed by atoms with E-state index in [-0.39, 0.29) is 6.42 Å². The van der Waals surface area contributed by atoms with Gasteiger partial charge in [0.05, 0.1) is 0 Å². The highest BCUT2D eigenvalue weighted by Gasteiger charge is 2.44. The molecule has 1 aliphatic rings. The van der Waals surface area contributed by atoms with Gasteiger partial charge in [0.2, 0.25) is 0 Å². The van der Waals surface area contributed by atoms with E-state index in [0.29, 0.717) is 0 Å². The summed E-state index contributed by atoms with van der Waals surface area (Å²) >= 11 is 0. The number of rotatable bonds is 3. The highest BCUT2D eigenvalue weighted by molar-refractivity contribution is 6.02. The zero-order valence-corrected chi connectivity index (χ0v) is 11.4. The van der Waals surface area contributed by atoms with Crippen LogP contribution >= 0.6 is 0 Å². The zero-order valence-electron chi connectivity index (χ0n) is 11.4. The van der Waals surface area contributed by atoms with Crippen molar-refractivity contribution in [3.05, 3.63) is 53.1 Å². The summed E-state index contributed by atoms with van der Waals surface area (Å²) in [5.74, 6) is -2.67. The van der Waals surface area contributed by atoms with E-state index in [9.17, 15) is 9.59 Å². The van der Waals surface area contributed by atoms with Gasteiger partial charge in [-0.15, -0.1) is 0 Å². The van der Waals surface area contributed by atoms with E-state index in [0.717, 1.165) is 22.3 Å². The van der Waals surface area contributed by atoms with Gasteiger partial charge in [0.15, 0.2) is 5.41 Å². The van der Waals surface area contributed by atoms with E-state index in [1.54, 1.807) is 12.2 Å². The van der Waals surface area contributed by atoms with Crippen molar-refractivity contribution in [1.29, 1.82) is 0 Å². The number of carbonyl (C=O) groups is 2. The minimum atomic E-state index is -1.85. The summed E-state index contributed by atoms with van der Waals surface area (Å²) in [4.78, 5) is 22.4. The van der Waals surface area contributed by atoms with Crippen LogP contribution in [0.5, 0.6) is 0 Å². The normalized spacial score (nSPS) is 16.6. The number of carboxylic acids is 2. The number of allylic oxidation sites excluding steroid dienone is 3. The third-order valence-electron chi connectivity index (χ3n) is 3.87. The summed E-state index contributed by atoms with van der Waals surface area (Å²) in [7, 11) is 0. The first-order valence-electron chi connectivity index (χ1n) is 6.31. The lowest BCUT2D eigenvalue weighted by Crippen LogP contribution is -2.38. The summed E-state index contributed by atoms with van der Waals surface area (Å²) < 4.78 is 0. The minimum Gasteiger partial charge on any atom is -0.480 e. The maximum Gasteiger partial charge on any atom is 0.325 e. The van der Waals surface area contributed by atoms with E-state index in [4.69, 9.17) is 10.2 Å². The monoisotopic (exact) mass is 272 g/mol. The Kier molecular flexibility index (Phi) is 3.49. The first-order chi connectivity index (χ1) is 9.38.